The largest absolute Gasteiger partial charge is 0.383 e. The molecule has 1 N–H and O–H groups in total. The highest BCUT2D eigenvalue weighted by Crippen LogP contribution is 2.56. The van der Waals surface area contributed by atoms with Crippen molar-refractivity contribution < 1.29 is 9.50 Å². The molecule has 0 unspecified atom stereocenters. The summed E-state index contributed by atoms with van der Waals surface area (Å²) >= 11 is 0. The van der Waals surface area contributed by atoms with Crippen molar-refractivity contribution in [2.24, 2.45) is 5.41 Å². The number of benzene rings is 1. The molecule has 0 radical (unpaired) electrons. The van der Waals surface area contributed by atoms with Gasteiger partial charge < -0.3 is 9.67 Å². The molecule has 5 heteroatoms. The first kappa shape index (κ1) is 13.8. The highest BCUT2D eigenvalue weighted by atomic mass is 19.1. The molecule has 0 bridgehead atoms. The number of hydrogen-bond acceptors (Lipinski definition) is 3. The zero-order valence-corrected chi connectivity index (χ0v) is 12.1. The molecule has 2 heterocycles. The average Bonchev–Trinajstić information content (AvgIpc) is 2.94. The summed E-state index contributed by atoms with van der Waals surface area (Å²) in [5, 5.41) is 19.7. The van der Waals surface area contributed by atoms with Gasteiger partial charge in [0.2, 0.25) is 0 Å². The maximum Gasteiger partial charge on any atom is 0.129 e. The third-order valence-corrected chi connectivity index (χ3v) is 4.81. The van der Waals surface area contributed by atoms with Crippen LogP contribution in [0.1, 0.15) is 43.6 Å². The minimum atomic E-state index is -1.12. The predicted molar refractivity (Wildman–Crippen MR) is 74.8 cm³/mol. The Bertz CT molecular complexity index is 755. The molecule has 0 saturated heterocycles. The van der Waals surface area contributed by atoms with Gasteiger partial charge in [0.05, 0.1) is 35.9 Å². The molecule has 2 atom stereocenters. The Labute approximate surface area is 122 Å². The summed E-state index contributed by atoms with van der Waals surface area (Å²) in [4.78, 5) is 4.07. The summed E-state index contributed by atoms with van der Waals surface area (Å²) in [5.41, 5.74) is -0.323. The molecule has 0 amide bonds. The van der Waals surface area contributed by atoms with Gasteiger partial charge in [-0.05, 0) is 19.1 Å². The zero-order valence-electron chi connectivity index (χ0n) is 12.1. The molecule has 0 fully saturated rings. The lowest BCUT2D eigenvalue weighted by atomic mass is 9.70. The number of aromatic nitrogens is 2. The van der Waals surface area contributed by atoms with Gasteiger partial charge in [-0.25, -0.2) is 9.37 Å². The van der Waals surface area contributed by atoms with E-state index in [0.717, 1.165) is 0 Å². The predicted octanol–water partition coefficient (Wildman–Crippen LogP) is 2.73. The van der Waals surface area contributed by atoms with Crippen molar-refractivity contribution in [3.63, 3.8) is 0 Å². The third kappa shape index (κ3) is 1.66. The summed E-state index contributed by atoms with van der Waals surface area (Å²) in [6, 6.07) is 5.99. The molecule has 3 rings (SSSR count). The van der Waals surface area contributed by atoms with Crippen molar-refractivity contribution in [2.75, 3.05) is 0 Å². The van der Waals surface area contributed by atoms with E-state index in [1.54, 1.807) is 31.6 Å². The van der Waals surface area contributed by atoms with Crippen LogP contribution in [0.4, 0.5) is 4.39 Å². The first-order valence-electron chi connectivity index (χ1n) is 6.75. The average molecular weight is 285 g/mol. The Morgan fingerprint density at radius 3 is 2.71 bits per heavy atom. The lowest BCUT2D eigenvalue weighted by Gasteiger charge is -2.37. The molecule has 2 aromatic rings. The van der Waals surface area contributed by atoms with Crippen molar-refractivity contribution >= 4 is 0 Å². The number of nitriles is 1. The van der Waals surface area contributed by atoms with Gasteiger partial charge in [0.25, 0.3) is 0 Å². The van der Waals surface area contributed by atoms with Crippen LogP contribution >= 0.6 is 0 Å². The topological polar surface area (TPSA) is 61.8 Å². The monoisotopic (exact) mass is 285 g/mol. The van der Waals surface area contributed by atoms with E-state index in [-0.39, 0.29) is 11.6 Å². The fraction of sp³-hybridized carbons (Fsp3) is 0.375. The van der Waals surface area contributed by atoms with Crippen molar-refractivity contribution in [2.45, 2.75) is 32.4 Å². The van der Waals surface area contributed by atoms with E-state index in [1.807, 2.05) is 24.5 Å². The van der Waals surface area contributed by atoms with Crippen LogP contribution in [0, 0.1) is 22.6 Å². The smallest absolute Gasteiger partial charge is 0.129 e. The Kier molecular flexibility index (Phi) is 2.72. The summed E-state index contributed by atoms with van der Waals surface area (Å²) in [6.45, 7) is 5.53. The van der Waals surface area contributed by atoms with Crippen LogP contribution in [0.5, 0.6) is 0 Å². The van der Waals surface area contributed by atoms with E-state index in [9.17, 15) is 9.50 Å². The molecule has 21 heavy (non-hydrogen) atoms. The summed E-state index contributed by atoms with van der Waals surface area (Å²) < 4.78 is 16.2. The van der Waals surface area contributed by atoms with Crippen LogP contribution in [0.25, 0.3) is 0 Å². The second-order valence-corrected chi connectivity index (χ2v) is 6.23. The van der Waals surface area contributed by atoms with Gasteiger partial charge in [-0.1, -0.05) is 19.9 Å². The summed E-state index contributed by atoms with van der Waals surface area (Å²) in [5.74, 6) is -0.440. The van der Waals surface area contributed by atoms with E-state index in [1.165, 1.54) is 6.07 Å². The zero-order chi connectivity index (χ0) is 15.4. The maximum atomic E-state index is 14.4. The second kappa shape index (κ2) is 4.15. The maximum absolute atomic E-state index is 14.4. The van der Waals surface area contributed by atoms with Gasteiger partial charge in [-0.3, -0.25) is 0 Å². The SMILES string of the molecule is CC1(C)[C@H](c2ccc(C#N)cc2F)n2cncc2[C@]1(C)O. The highest BCUT2D eigenvalue weighted by Gasteiger charge is 2.55. The molecule has 0 spiro atoms. The van der Waals surface area contributed by atoms with Crippen molar-refractivity contribution in [3.05, 3.63) is 53.4 Å². The summed E-state index contributed by atoms with van der Waals surface area (Å²) in [7, 11) is 0. The van der Waals surface area contributed by atoms with Crippen LogP contribution in [0.15, 0.2) is 30.7 Å². The minimum absolute atomic E-state index is 0.282. The highest BCUT2D eigenvalue weighted by molar-refractivity contribution is 5.38. The van der Waals surface area contributed by atoms with Gasteiger partial charge in [-0.2, -0.15) is 5.26 Å². The van der Waals surface area contributed by atoms with E-state index >= 15 is 0 Å². The van der Waals surface area contributed by atoms with Crippen LogP contribution in [0.3, 0.4) is 0 Å². The fourth-order valence-corrected chi connectivity index (χ4v) is 3.19. The van der Waals surface area contributed by atoms with Crippen LogP contribution in [-0.2, 0) is 5.60 Å². The lowest BCUT2D eigenvalue weighted by Crippen LogP contribution is -2.38. The fourth-order valence-electron chi connectivity index (χ4n) is 3.19. The minimum Gasteiger partial charge on any atom is -0.383 e. The molecule has 1 aliphatic rings. The molecule has 4 nitrogen and oxygen atoms in total. The number of nitrogens with zero attached hydrogens (tertiary/aromatic N) is 3. The quantitative estimate of drug-likeness (QED) is 0.876. The van der Waals surface area contributed by atoms with Gasteiger partial charge in [0.1, 0.15) is 11.4 Å². The second-order valence-electron chi connectivity index (χ2n) is 6.23. The third-order valence-electron chi connectivity index (χ3n) is 4.81. The number of fused-ring (bicyclic) bond motifs is 1. The van der Waals surface area contributed by atoms with E-state index < -0.39 is 16.8 Å². The Morgan fingerprint density at radius 2 is 2.10 bits per heavy atom. The van der Waals surface area contributed by atoms with E-state index in [4.69, 9.17) is 5.26 Å². The normalized spacial score (nSPS) is 26.4. The number of hydrogen-bond donors (Lipinski definition) is 1. The molecular formula is C16H16FN3O. The van der Waals surface area contributed by atoms with Crippen LogP contribution in [-0.4, -0.2) is 14.7 Å². The van der Waals surface area contributed by atoms with Gasteiger partial charge in [0.15, 0.2) is 0 Å². The van der Waals surface area contributed by atoms with Crippen molar-refractivity contribution in [1.29, 1.82) is 5.26 Å². The molecule has 1 aromatic carbocycles. The molecule has 0 aliphatic carbocycles. The molecule has 1 aliphatic heterocycles. The van der Waals surface area contributed by atoms with Gasteiger partial charge >= 0.3 is 0 Å². The van der Waals surface area contributed by atoms with E-state index in [0.29, 0.717) is 11.3 Å². The number of halogens is 1. The Balaban J connectivity index is 2.22. The Morgan fingerprint density at radius 1 is 1.38 bits per heavy atom. The van der Waals surface area contributed by atoms with Crippen LogP contribution < -0.4 is 0 Å². The Hall–Kier alpha value is -2.19. The van der Waals surface area contributed by atoms with Crippen molar-refractivity contribution in [1.82, 2.24) is 9.55 Å². The standard InChI is InChI=1S/C16H16FN3O/c1-15(2)14(11-5-4-10(7-18)6-12(11)17)20-9-19-8-13(20)16(15,3)21/h4-6,8-9,14,21H,1-3H3/t14-,16-/m0/s1. The first-order valence-corrected chi connectivity index (χ1v) is 6.75. The molecule has 0 saturated carbocycles. The lowest BCUT2D eigenvalue weighted by molar-refractivity contribution is -0.0511. The van der Waals surface area contributed by atoms with Crippen molar-refractivity contribution in [3.8, 4) is 6.07 Å². The van der Waals surface area contributed by atoms with Gasteiger partial charge in [-0.15, -0.1) is 0 Å². The summed E-state index contributed by atoms with van der Waals surface area (Å²) in [6.07, 6.45) is 3.23. The van der Waals surface area contributed by atoms with Gasteiger partial charge in [0, 0.05) is 11.0 Å². The number of aliphatic hydroxyl groups is 1. The number of rotatable bonds is 1. The number of imidazole rings is 1. The van der Waals surface area contributed by atoms with Crippen LogP contribution in [0.2, 0.25) is 0 Å². The molecule has 108 valence electrons. The molecular weight excluding hydrogens is 269 g/mol. The first-order chi connectivity index (χ1) is 9.80. The van der Waals surface area contributed by atoms with E-state index in [2.05, 4.69) is 4.98 Å². The molecule has 1 aromatic heterocycles.